The molecular formula is C23H31N3O5S2. The highest BCUT2D eigenvalue weighted by molar-refractivity contribution is 7.89. The number of hydrogen-bond donors (Lipinski definition) is 2. The van der Waals surface area contributed by atoms with Crippen LogP contribution in [0.15, 0.2) is 40.6 Å². The smallest absolute Gasteiger partial charge is 0.262 e. The molecule has 0 radical (unpaired) electrons. The van der Waals surface area contributed by atoms with Gasteiger partial charge in [-0.15, -0.1) is 11.3 Å². The van der Waals surface area contributed by atoms with Gasteiger partial charge in [-0.25, -0.2) is 8.42 Å². The Bertz CT molecular complexity index is 1060. The van der Waals surface area contributed by atoms with Crippen molar-refractivity contribution < 1.29 is 22.7 Å². The number of sulfonamides is 1. The second kappa shape index (κ2) is 11.1. The van der Waals surface area contributed by atoms with Crippen LogP contribution in [0.4, 0.5) is 5.69 Å². The summed E-state index contributed by atoms with van der Waals surface area (Å²) in [5, 5.41) is 7.34. The third-order valence-corrected chi connectivity index (χ3v) is 8.21. The number of rotatable bonds is 9. The van der Waals surface area contributed by atoms with E-state index in [0.29, 0.717) is 30.3 Å². The predicted octanol–water partition coefficient (Wildman–Crippen LogP) is 3.71. The van der Waals surface area contributed by atoms with E-state index in [2.05, 4.69) is 10.6 Å². The van der Waals surface area contributed by atoms with Crippen molar-refractivity contribution in [3.05, 3.63) is 40.6 Å². The quantitative estimate of drug-likeness (QED) is 0.554. The number of thiophene rings is 1. The molecule has 2 heterocycles. The third kappa shape index (κ3) is 6.13. The number of ether oxygens (including phenoxy) is 1. The number of carbonyl (C=O) groups excluding carboxylic acids is 2. The molecule has 1 aromatic heterocycles. The van der Waals surface area contributed by atoms with E-state index in [-0.39, 0.29) is 22.5 Å². The first-order valence-electron chi connectivity index (χ1n) is 11.2. The Morgan fingerprint density at radius 1 is 1.15 bits per heavy atom. The van der Waals surface area contributed by atoms with Crippen LogP contribution in [-0.2, 0) is 14.8 Å². The monoisotopic (exact) mass is 493 g/mol. The molecule has 0 spiro atoms. The van der Waals surface area contributed by atoms with Crippen molar-refractivity contribution in [1.29, 1.82) is 0 Å². The number of nitrogens with one attached hydrogen (secondary N) is 2. The fourth-order valence-corrected chi connectivity index (χ4v) is 5.98. The van der Waals surface area contributed by atoms with Gasteiger partial charge in [0, 0.05) is 18.8 Å². The molecule has 0 saturated carbocycles. The van der Waals surface area contributed by atoms with Crippen LogP contribution in [0.1, 0.15) is 49.7 Å². The van der Waals surface area contributed by atoms with Crippen LogP contribution in [0.3, 0.4) is 0 Å². The van der Waals surface area contributed by atoms with Crippen molar-refractivity contribution in [1.82, 2.24) is 9.62 Å². The summed E-state index contributed by atoms with van der Waals surface area (Å²) in [6, 6.07) is 7.29. The molecule has 1 aromatic carbocycles. The Hall–Kier alpha value is -2.43. The lowest BCUT2D eigenvalue weighted by atomic mass is 10.0. The summed E-state index contributed by atoms with van der Waals surface area (Å²) in [7, 11) is -3.77. The maximum Gasteiger partial charge on any atom is 0.262 e. The van der Waals surface area contributed by atoms with Gasteiger partial charge in [-0.3, -0.25) is 9.59 Å². The van der Waals surface area contributed by atoms with E-state index < -0.39 is 22.0 Å². The van der Waals surface area contributed by atoms with Gasteiger partial charge in [0.05, 0.1) is 11.5 Å². The van der Waals surface area contributed by atoms with Crippen LogP contribution in [0.25, 0.3) is 0 Å². The summed E-state index contributed by atoms with van der Waals surface area (Å²) in [6.45, 7) is 6.71. The molecule has 3 rings (SSSR count). The van der Waals surface area contributed by atoms with Crippen molar-refractivity contribution in [2.75, 3.05) is 25.0 Å². The van der Waals surface area contributed by atoms with Gasteiger partial charge in [0.15, 0.2) is 0 Å². The Kier molecular flexibility index (Phi) is 8.50. The van der Waals surface area contributed by atoms with Crippen molar-refractivity contribution in [3.63, 3.8) is 0 Å². The first-order valence-corrected chi connectivity index (χ1v) is 13.5. The molecule has 2 amide bonds. The van der Waals surface area contributed by atoms with Crippen LogP contribution in [0.2, 0.25) is 0 Å². The number of nitrogens with zero attached hydrogens (tertiary/aromatic N) is 1. The zero-order valence-corrected chi connectivity index (χ0v) is 20.8. The number of carbonyl (C=O) groups is 2. The molecular weight excluding hydrogens is 462 g/mol. The largest absolute Gasteiger partial charge is 0.492 e. The molecule has 1 atom stereocenters. The second-order valence-corrected chi connectivity index (χ2v) is 11.1. The Labute approximate surface area is 199 Å². The van der Waals surface area contributed by atoms with Gasteiger partial charge in [0.1, 0.15) is 16.7 Å². The van der Waals surface area contributed by atoms with E-state index in [1.807, 2.05) is 13.8 Å². The Balaban J connectivity index is 1.84. The number of anilines is 1. The maximum atomic E-state index is 13.3. The molecule has 1 aliphatic heterocycles. The molecule has 0 bridgehead atoms. The minimum Gasteiger partial charge on any atom is -0.492 e. The van der Waals surface area contributed by atoms with Gasteiger partial charge in [-0.2, -0.15) is 4.31 Å². The Morgan fingerprint density at radius 3 is 2.48 bits per heavy atom. The maximum absolute atomic E-state index is 13.3. The van der Waals surface area contributed by atoms with Crippen molar-refractivity contribution in [3.8, 4) is 5.75 Å². The molecule has 10 heteroatoms. The fraction of sp³-hybridized carbons (Fsp3) is 0.478. The van der Waals surface area contributed by atoms with E-state index in [1.54, 1.807) is 36.6 Å². The standard InChI is InChI=1S/C23H31N3O5S2/c1-4-31-18-11-10-17(15-20(18)33(29,30)26-12-6-5-7-13-26)24-23(28)21(16(2)3)25-22(27)19-9-8-14-32-19/h8-11,14-16,21H,4-7,12-13H2,1-3H3,(H,24,28)(H,25,27)/t21-/m0/s1. The number of hydrogen-bond acceptors (Lipinski definition) is 6. The normalized spacial score (nSPS) is 15.8. The van der Waals surface area contributed by atoms with E-state index >= 15 is 0 Å². The lowest BCUT2D eigenvalue weighted by Crippen LogP contribution is -2.47. The van der Waals surface area contributed by atoms with Gasteiger partial charge in [-0.1, -0.05) is 26.3 Å². The average Bonchev–Trinajstić information content (AvgIpc) is 3.34. The lowest BCUT2D eigenvalue weighted by Gasteiger charge is -2.27. The highest BCUT2D eigenvalue weighted by Crippen LogP contribution is 2.31. The second-order valence-electron chi connectivity index (χ2n) is 8.22. The SMILES string of the molecule is CCOc1ccc(NC(=O)[C@@H](NC(=O)c2cccs2)C(C)C)cc1S(=O)(=O)N1CCCCC1. The summed E-state index contributed by atoms with van der Waals surface area (Å²) in [5.41, 5.74) is 0.329. The predicted molar refractivity (Wildman–Crippen MR) is 129 cm³/mol. The van der Waals surface area contributed by atoms with Crippen molar-refractivity contribution in [2.45, 2.75) is 51.0 Å². The lowest BCUT2D eigenvalue weighted by molar-refractivity contribution is -0.118. The zero-order chi connectivity index (χ0) is 24.0. The molecule has 0 unspecified atom stereocenters. The van der Waals surface area contributed by atoms with Crippen LogP contribution in [0, 0.1) is 5.92 Å². The zero-order valence-electron chi connectivity index (χ0n) is 19.2. The molecule has 8 nitrogen and oxygen atoms in total. The van der Waals surface area contributed by atoms with Crippen molar-refractivity contribution >= 4 is 38.9 Å². The number of benzene rings is 1. The van der Waals surface area contributed by atoms with E-state index in [0.717, 1.165) is 19.3 Å². The molecule has 180 valence electrons. The average molecular weight is 494 g/mol. The molecule has 1 saturated heterocycles. The summed E-state index contributed by atoms with van der Waals surface area (Å²) >= 11 is 1.30. The van der Waals surface area contributed by atoms with E-state index in [4.69, 9.17) is 4.74 Å². The van der Waals surface area contributed by atoms with Crippen LogP contribution in [-0.4, -0.2) is 50.3 Å². The third-order valence-electron chi connectivity index (χ3n) is 5.42. The fourth-order valence-electron chi connectivity index (χ4n) is 3.68. The molecule has 1 aliphatic rings. The summed E-state index contributed by atoms with van der Waals surface area (Å²) in [6.07, 6.45) is 2.65. The van der Waals surface area contributed by atoms with Crippen LogP contribution >= 0.6 is 11.3 Å². The molecule has 1 fully saturated rings. The molecule has 33 heavy (non-hydrogen) atoms. The highest BCUT2D eigenvalue weighted by Gasteiger charge is 2.30. The minimum absolute atomic E-state index is 0.0350. The van der Waals surface area contributed by atoms with Gasteiger partial charge in [0.25, 0.3) is 5.91 Å². The Morgan fingerprint density at radius 2 is 1.88 bits per heavy atom. The van der Waals surface area contributed by atoms with Gasteiger partial charge < -0.3 is 15.4 Å². The van der Waals surface area contributed by atoms with Crippen LogP contribution < -0.4 is 15.4 Å². The van der Waals surface area contributed by atoms with Crippen LogP contribution in [0.5, 0.6) is 5.75 Å². The summed E-state index contributed by atoms with van der Waals surface area (Å²) in [5.74, 6) is -0.653. The summed E-state index contributed by atoms with van der Waals surface area (Å²) < 4.78 is 33.7. The van der Waals surface area contributed by atoms with E-state index in [9.17, 15) is 18.0 Å². The highest BCUT2D eigenvalue weighted by atomic mass is 32.2. The van der Waals surface area contributed by atoms with Gasteiger partial charge in [0.2, 0.25) is 15.9 Å². The van der Waals surface area contributed by atoms with Gasteiger partial charge >= 0.3 is 0 Å². The minimum atomic E-state index is -3.77. The number of piperidine rings is 1. The van der Waals surface area contributed by atoms with Crippen molar-refractivity contribution in [2.24, 2.45) is 5.92 Å². The first-order chi connectivity index (χ1) is 15.7. The van der Waals surface area contributed by atoms with E-state index in [1.165, 1.54) is 21.7 Å². The topological polar surface area (TPSA) is 105 Å². The first kappa shape index (κ1) is 25.2. The molecule has 2 aromatic rings. The summed E-state index contributed by atoms with van der Waals surface area (Å²) in [4.78, 5) is 26.0. The van der Waals surface area contributed by atoms with Gasteiger partial charge in [-0.05, 0) is 55.3 Å². The molecule has 2 N–H and O–H groups in total. The number of amides is 2. The molecule has 0 aliphatic carbocycles.